The quantitative estimate of drug-likeness (QED) is 0.725. The topological polar surface area (TPSA) is 20.2 Å². The van der Waals surface area contributed by atoms with Crippen molar-refractivity contribution >= 4 is 6.08 Å². The number of aliphatic hydroxyl groups is 1. The lowest BCUT2D eigenvalue weighted by atomic mass is 10.1. The highest BCUT2D eigenvalue weighted by Crippen LogP contribution is 2.08. The molecule has 1 rings (SSSR count). The van der Waals surface area contributed by atoms with E-state index in [2.05, 4.69) is 6.58 Å². The average molecular weight is 202 g/mol. The summed E-state index contributed by atoms with van der Waals surface area (Å²) in [5.74, 6) is 0. The monoisotopic (exact) mass is 202 g/mol. The molecule has 0 saturated heterocycles. The predicted octanol–water partition coefficient (Wildman–Crippen LogP) is 3.42. The van der Waals surface area contributed by atoms with Crippen LogP contribution in [0.2, 0.25) is 0 Å². The zero-order valence-electron chi connectivity index (χ0n) is 9.19. The van der Waals surface area contributed by atoms with Gasteiger partial charge in [0.25, 0.3) is 0 Å². The van der Waals surface area contributed by atoms with Crippen LogP contribution in [0.3, 0.4) is 0 Å². The van der Waals surface area contributed by atoms with E-state index in [0.717, 1.165) is 5.57 Å². The molecule has 0 saturated carbocycles. The third-order valence-electron chi connectivity index (χ3n) is 2.10. The predicted molar refractivity (Wildman–Crippen MR) is 65.5 cm³/mol. The minimum absolute atomic E-state index is 0.303. The van der Waals surface area contributed by atoms with Crippen LogP contribution in [0.15, 0.2) is 48.6 Å². The molecule has 0 bridgehead atoms. The van der Waals surface area contributed by atoms with Gasteiger partial charge in [-0.05, 0) is 25.3 Å². The fraction of sp³-hybridized carbons (Fsp3) is 0.286. The lowest BCUT2D eigenvalue weighted by Gasteiger charge is -2.06. The van der Waals surface area contributed by atoms with Crippen LogP contribution < -0.4 is 0 Å². The Balaban J connectivity index is 2.37. The van der Waals surface area contributed by atoms with Crippen molar-refractivity contribution in [2.24, 2.45) is 0 Å². The van der Waals surface area contributed by atoms with Gasteiger partial charge in [0.05, 0.1) is 6.10 Å². The summed E-state index contributed by atoms with van der Waals surface area (Å²) in [6.07, 6.45) is 5.09. The largest absolute Gasteiger partial charge is 0.392 e. The van der Waals surface area contributed by atoms with Crippen LogP contribution >= 0.6 is 0 Å². The molecule has 0 spiro atoms. The maximum Gasteiger partial charge on any atom is 0.0611 e. The van der Waals surface area contributed by atoms with E-state index in [1.54, 1.807) is 0 Å². The molecular formula is C14H18O. The molecule has 0 amide bonds. The summed E-state index contributed by atoms with van der Waals surface area (Å²) in [6, 6.07) is 10.1. The van der Waals surface area contributed by atoms with E-state index in [1.165, 1.54) is 5.56 Å². The Morgan fingerprint density at radius 3 is 2.67 bits per heavy atom. The van der Waals surface area contributed by atoms with Gasteiger partial charge in [0, 0.05) is 0 Å². The number of hydrogen-bond acceptors (Lipinski definition) is 1. The molecule has 1 unspecified atom stereocenters. The standard InChI is InChI=1S/C14H18O/c1-12(2)11-14(15)10-6-9-13-7-4-3-5-8-13/h3-9,14-15H,1,10-11H2,2H3/b9-6+. The van der Waals surface area contributed by atoms with Crippen LogP contribution in [0.5, 0.6) is 0 Å². The van der Waals surface area contributed by atoms with Gasteiger partial charge < -0.3 is 5.11 Å². The molecule has 0 aliphatic rings. The molecule has 0 radical (unpaired) electrons. The van der Waals surface area contributed by atoms with E-state index < -0.39 is 0 Å². The Morgan fingerprint density at radius 1 is 1.40 bits per heavy atom. The normalized spacial score (nSPS) is 12.9. The number of hydrogen-bond donors (Lipinski definition) is 1. The zero-order valence-corrected chi connectivity index (χ0v) is 9.19. The average Bonchev–Trinajstić information content (AvgIpc) is 2.18. The van der Waals surface area contributed by atoms with Crippen molar-refractivity contribution in [3.63, 3.8) is 0 Å². The van der Waals surface area contributed by atoms with Gasteiger partial charge in [0.2, 0.25) is 0 Å². The van der Waals surface area contributed by atoms with Crippen molar-refractivity contribution in [1.29, 1.82) is 0 Å². The second-order valence-corrected chi connectivity index (χ2v) is 3.86. The van der Waals surface area contributed by atoms with Crippen LogP contribution in [-0.4, -0.2) is 11.2 Å². The van der Waals surface area contributed by atoms with Crippen LogP contribution in [-0.2, 0) is 0 Å². The van der Waals surface area contributed by atoms with Crippen molar-refractivity contribution in [1.82, 2.24) is 0 Å². The third kappa shape index (κ3) is 5.18. The Bertz CT molecular complexity index is 324. The fourth-order valence-corrected chi connectivity index (χ4v) is 1.41. The summed E-state index contributed by atoms with van der Waals surface area (Å²) in [5.41, 5.74) is 2.19. The van der Waals surface area contributed by atoms with Crippen LogP contribution in [0, 0.1) is 0 Å². The first-order chi connectivity index (χ1) is 7.18. The molecule has 1 atom stereocenters. The third-order valence-corrected chi connectivity index (χ3v) is 2.10. The number of rotatable bonds is 5. The summed E-state index contributed by atoms with van der Waals surface area (Å²) in [6.45, 7) is 5.71. The van der Waals surface area contributed by atoms with Gasteiger partial charge in [0.15, 0.2) is 0 Å². The first-order valence-electron chi connectivity index (χ1n) is 5.22. The SMILES string of the molecule is C=C(C)CC(O)C/C=C/c1ccccc1. The molecule has 1 heteroatoms. The van der Waals surface area contributed by atoms with E-state index in [4.69, 9.17) is 0 Å². The van der Waals surface area contributed by atoms with E-state index in [9.17, 15) is 5.11 Å². The molecule has 0 heterocycles. The maximum atomic E-state index is 9.59. The van der Waals surface area contributed by atoms with Gasteiger partial charge in [-0.2, -0.15) is 0 Å². The second kappa shape index (κ2) is 6.20. The summed E-state index contributed by atoms with van der Waals surface area (Å²) in [5, 5.41) is 9.59. The van der Waals surface area contributed by atoms with E-state index in [1.807, 2.05) is 49.4 Å². The highest BCUT2D eigenvalue weighted by molar-refractivity contribution is 5.48. The molecule has 0 fully saturated rings. The van der Waals surface area contributed by atoms with Crippen LogP contribution in [0.25, 0.3) is 6.08 Å². The lowest BCUT2D eigenvalue weighted by Crippen LogP contribution is -2.04. The Morgan fingerprint density at radius 2 is 2.07 bits per heavy atom. The van der Waals surface area contributed by atoms with Gasteiger partial charge in [-0.15, -0.1) is 6.58 Å². The Labute approximate surface area is 91.8 Å². The van der Waals surface area contributed by atoms with Gasteiger partial charge in [-0.3, -0.25) is 0 Å². The molecule has 0 aliphatic carbocycles. The lowest BCUT2D eigenvalue weighted by molar-refractivity contribution is 0.178. The molecule has 0 aromatic heterocycles. The smallest absolute Gasteiger partial charge is 0.0611 e. The highest BCUT2D eigenvalue weighted by Gasteiger charge is 2.00. The summed E-state index contributed by atoms with van der Waals surface area (Å²) in [4.78, 5) is 0. The summed E-state index contributed by atoms with van der Waals surface area (Å²) in [7, 11) is 0. The molecule has 1 aromatic carbocycles. The van der Waals surface area contributed by atoms with Crippen molar-refractivity contribution in [2.45, 2.75) is 25.9 Å². The van der Waals surface area contributed by atoms with Gasteiger partial charge in [-0.1, -0.05) is 48.1 Å². The first kappa shape index (κ1) is 11.7. The van der Waals surface area contributed by atoms with Gasteiger partial charge in [-0.25, -0.2) is 0 Å². The van der Waals surface area contributed by atoms with Crippen molar-refractivity contribution in [3.8, 4) is 0 Å². The molecule has 1 N–H and O–H groups in total. The first-order valence-corrected chi connectivity index (χ1v) is 5.22. The number of benzene rings is 1. The second-order valence-electron chi connectivity index (χ2n) is 3.86. The van der Waals surface area contributed by atoms with Crippen molar-refractivity contribution in [2.75, 3.05) is 0 Å². The van der Waals surface area contributed by atoms with E-state index >= 15 is 0 Å². The minimum Gasteiger partial charge on any atom is -0.392 e. The van der Waals surface area contributed by atoms with Crippen LogP contribution in [0.1, 0.15) is 25.3 Å². The fourth-order valence-electron chi connectivity index (χ4n) is 1.41. The van der Waals surface area contributed by atoms with Crippen molar-refractivity contribution in [3.05, 3.63) is 54.1 Å². The molecule has 1 nitrogen and oxygen atoms in total. The Kier molecular flexibility index (Phi) is 4.85. The maximum absolute atomic E-state index is 9.59. The zero-order chi connectivity index (χ0) is 11.1. The van der Waals surface area contributed by atoms with E-state index in [0.29, 0.717) is 12.8 Å². The van der Waals surface area contributed by atoms with E-state index in [-0.39, 0.29) is 6.10 Å². The Hall–Kier alpha value is -1.34. The summed E-state index contributed by atoms with van der Waals surface area (Å²) < 4.78 is 0. The van der Waals surface area contributed by atoms with Gasteiger partial charge in [0.1, 0.15) is 0 Å². The van der Waals surface area contributed by atoms with Crippen molar-refractivity contribution < 1.29 is 5.11 Å². The van der Waals surface area contributed by atoms with Gasteiger partial charge >= 0.3 is 0 Å². The molecule has 15 heavy (non-hydrogen) atoms. The molecule has 1 aromatic rings. The summed E-state index contributed by atoms with van der Waals surface area (Å²) >= 11 is 0. The molecule has 0 aliphatic heterocycles. The number of aliphatic hydroxyl groups excluding tert-OH is 1. The molecular weight excluding hydrogens is 184 g/mol. The minimum atomic E-state index is -0.303. The highest BCUT2D eigenvalue weighted by atomic mass is 16.3. The molecule has 80 valence electrons. The van der Waals surface area contributed by atoms with Crippen LogP contribution in [0.4, 0.5) is 0 Å².